The highest BCUT2D eigenvalue weighted by Crippen LogP contribution is 2.13. The smallest absolute Gasteiger partial charge is 0.131 e. The van der Waals surface area contributed by atoms with E-state index in [0.717, 1.165) is 32.0 Å². The van der Waals surface area contributed by atoms with Gasteiger partial charge in [0, 0.05) is 32.4 Å². The number of anilines is 1. The predicted molar refractivity (Wildman–Crippen MR) is 72.1 cm³/mol. The topological polar surface area (TPSA) is 58.3 Å². The average Bonchev–Trinajstić information content (AvgIpc) is 2.39. The van der Waals surface area contributed by atoms with Gasteiger partial charge in [-0.15, -0.1) is 0 Å². The maximum Gasteiger partial charge on any atom is 0.131 e. The van der Waals surface area contributed by atoms with Crippen LogP contribution in [0.1, 0.15) is 6.92 Å². The standard InChI is InChI=1S/C11H17N5S/c1-9(11(12)17)15-4-6-16(7-5-15)10-2-3-13-8-14-10/h2-3,8-9H,4-7H2,1H3,(H2,12,17). The van der Waals surface area contributed by atoms with Crippen molar-refractivity contribution in [2.24, 2.45) is 5.73 Å². The molecule has 1 aliphatic rings. The van der Waals surface area contributed by atoms with Crippen LogP contribution in [-0.2, 0) is 0 Å². The van der Waals surface area contributed by atoms with Gasteiger partial charge in [0.15, 0.2) is 0 Å². The maximum absolute atomic E-state index is 5.67. The molecule has 1 aromatic rings. The van der Waals surface area contributed by atoms with Crippen molar-refractivity contribution in [3.63, 3.8) is 0 Å². The van der Waals surface area contributed by atoms with Gasteiger partial charge < -0.3 is 10.6 Å². The maximum atomic E-state index is 5.67. The van der Waals surface area contributed by atoms with Gasteiger partial charge in [-0.2, -0.15) is 0 Å². The summed E-state index contributed by atoms with van der Waals surface area (Å²) in [6, 6.07) is 2.12. The van der Waals surface area contributed by atoms with E-state index in [9.17, 15) is 0 Å². The van der Waals surface area contributed by atoms with Crippen molar-refractivity contribution >= 4 is 23.0 Å². The molecule has 0 amide bonds. The summed E-state index contributed by atoms with van der Waals surface area (Å²) in [4.78, 5) is 13.3. The molecule has 0 aliphatic carbocycles. The summed E-state index contributed by atoms with van der Waals surface area (Å²) in [6.45, 7) is 5.88. The molecule has 1 atom stereocenters. The summed E-state index contributed by atoms with van der Waals surface area (Å²) in [5.41, 5.74) is 5.67. The summed E-state index contributed by atoms with van der Waals surface area (Å²) < 4.78 is 0. The fraction of sp³-hybridized carbons (Fsp3) is 0.545. The second-order valence-electron chi connectivity index (χ2n) is 4.17. The molecule has 2 N–H and O–H groups in total. The third-order valence-electron chi connectivity index (χ3n) is 3.16. The van der Waals surface area contributed by atoms with E-state index in [0.29, 0.717) is 4.99 Å². The highest BCUT2D eigenvalue weighted by molar-refractivity contribution is 7.80. The number of nitrogens with zero attached hydrogens (tertiary/aromatic N) is 4. The van der Waals surface area contributed by atoms with Crippen molar-refractivity contribution in [2.75, 3.05) is 31.1 Å². The lowest BCUT2D eigenvalue weighted by Crippen LogP contribution is -2.52. The van der Waals surface area contributed by atoms with E-state index < -0.39 is 0 Å². The van der Waals surface area contributed by atoms with Gasteiger partial charge in [0.25, 0.3) is 0 Å². The van der Waals surface area contributed by atoms with Crippen molar-refractivity contribution in [3.05, 3.63) is 18.6 Å². The minimum Gasteiger partial charge on any atom is -0.392 e. The summed E-state index contributed by atoms with van der Waals surface area (Å²) in [5.74, 6) is 0.989. The Bertz CT molecular complexity index is 375. The second kappa shape index (κ2) is 5.37. The van der Waals surface area contributed by atoms with Crippen molar-refractivity contribution < 1.29 is 0 Å². The lowest BCUT2D eigenvalue weighted by Gasteiger charge is -2.38. The third kappa shape index (κ3) is 2.89. The predicted octanol–water partition coefficient (Wildman–Crippen LogP) is 0.273. The zero-order chi connectivity index (χ0) is 12.3. The van der Waals surface area contributed by atoms with Gasteiger partial charge in [0.2, 0.25) is 0 Å². The third-order valence-corrected chi connectivity index (χ3v) is 3.51. The van der Waals surface area contributed by atoms with E-state index in [-0.39, 0.29) is 6.04 Å². The van der Waals surface area contributed by atoms with Crippen LogP contribution < -0.4 is 10.6 Å². The van der Waals surface area contributed by atoms with Gasteiger partial charge >= 0.3 is 0 Å². The molecule has 0 bridgehead atoms. The van der Waals surface area contributed by atoms with Crippen LogP contribution in [0.4, 0.5) is 5.82 Å². The van der Waals surface area contributed by atoms with Gasteiger partial charge in [0.1, 0.15) is 12.1 Å². The van der Waals surface area contributed by atoms with Crippen molar-refractivity contribution in [2.45, 2.75) is 13.0 Å². The number of aromatic nitrogens is 2. The first-order valence-corrected chi connectivity index (χ1v) is 6.13. The highest BCUT2D eigenvalue weighted by atomic mass is 32.1. The van der Waals surface area contributed by atoms with Crippen LogP contribution in [0.3, 0.4) is 0 Å². The van der Waals surface area contributed by atoms with Crippen LogP contribution in [-0.4, -0.2) is 52.1 Å². The highest BCUT2D eigenvalue weighted by Gasteiger charge is 2.22. The molecule has 2 rings (SSSR count). The molecule has 17 heavy (non-hydrogen) atoms. The molecule has 1 fully saturated rings. The second-order valence-corrected chi connectivity index (χ2v) is 4.64. The normalized spacial score (nSPS) is 19.0. The molecule has 0 spiro atoms. The Hall–Kier alpha value is -1.27. The molecule has 6 heteroatoms. The first-order valence-electron chi connectivity index (χ1n) is 5.73. The van der Waals surface area contributed by atoms with Crippen LogP contribution >= 0.6 is 12.2 Å². The Morgan fingerprint density at radius 2 is 2.12 bits per heavy atom. The molecule has 0 aromatic carbocycles. The first kappa shape index (κ1) is 12.2. The van der Waals surface area contributed by atoms with Gasteiger partial charge in [-0.3, -0.25) is 4.90 Å². The molecule has 92 valence electrons. The Labute approximate surface area is 107 Å². The molecule has 5 nitrogen and oxygen atoms in total. The Kier molecular flexibility index (Phi) is 3.86. The minimum atomic E-state index is 0.178. The molecule has 1 aliphatic heterocycles. The Balaban J connectivity index is 1.93. The van der Waals surface area contributed by atoms with E-state index in [4.69, 9.17) is 18.0 Å². The molecule has 1 aromatic heterocycles. The van der Waals surface area contributed by atoms with Crippen LogP contribution in [0.15, 0.2) is 18.6 Å². The number of nitrogens with two attached hydrogens (primary N) is 1. The molecular weight excluding hydrogens is 234 g/mol. The molecule has 1 saturated heterocycles. The van der Waals surface area contributed by atoms with Gasteiger partial charge in [-0.1, -0.05) is 12.2 Å². The van der Waals surface area contributed by atoms with Crippen LogP contribution in [0.2, 0.25) is 0 Å². The first-order chi connectivity index (χ1) is 8.18. The zero-order valence-electron chi connectivity index (χ0n) is 9.91. The number of thiocarbonyl (C=S) groups is 1. The van der Waals surface area contributed by atoms with Crippen LogP contribution in [0.5, 0.6) is 0 Å². The molecule has 0 saturated carbocycles. The fourth-order valence-corrected chi connectivity index (χ4v) is 2.14. The monoisotopic (exact) mass is 251 g/mol. The fourth-order valence-electron chi connectivity index (χ4n) is 1.99. The van der Waals surface area contributed by atoms with Crippen LogP contribution in [0.25, 0.3) is 0 Å². The zero-order valence-corrected chi connectivity index (χ0v) is 10.7. The van der Waals surface area contributed by atoms with Gasteiger partial charge in [-0.05, 0) is 13.0 Å². The molecular formula is C11H17N5S. The molecule has 2 heterocycles. The Morgan fingerprint density at radius 3 is 2.65 bits per heavy atom. The van der Waals surface area contributed by atoms with Crippen LogP contribution in [0, 0.1) is 0 Å². The SMILES string of the molecule is CC(C(N)=S)N1CCN(c2ccncn2)CC1. The van der Waals surface area contributed by atoms with Gasteiger partial charge in [0.05, 0.1) is 11.0 Å². The average molecular weight is 251 g/mol. The van der Waals surface area contributed by atoms with E-state index in [1.165, 1.54) is 0 Å². The number of rotatable bonds is 3. The van der Waals surface area contributed by atoms with Crippen molar-refractivity contribution in [1.82, 2.24) is 14.9 Å². The summed E-state index contributed by atoms with van der Waals surface area (Å²) >= 11 is 5.02. The Morgan fingerprint density at radius 1 is 1.41 bits per heavy atom. The summed E-state index contributed by atoms with van der Waals surface area (Å²) in [7, 11) is 0. The quantitative estimate of drug-likeness (QED) is 0.778. The van der Waals surface area contributed by atoms with E-state index in [1.807, 2.05) is 6.07 Å². The summed E-state index contributed by atoms with van der Waals surface area (Å²) in [5, 5.41) is 0. The number of piperazine rings is 1. The van der Waals surface area contributed by atoms with E-state index in [2.05, 4.69) is 26.7 Å². The van der Waals surface area contributed by atoms with E-state index >= 15 is 0 Å². The van der Waals surface area contributed by atoms with E-state index in [1.54, 1.807) is 12.5 Å². The lowest BCUT2D eigenvalue weighted by molar-refractivity contribution is 0.238. The molecule has 1 unspecified atom stereocenters. The lowest BCUT2D eigenvalue weighted by atomic mass is 10.2. The van der Waals surface area contributed by atoms with Crippen molar-refractivity contribution in [1.29, 1.82) is 0 Å². The number of hydrogen-bond donors (Lipinski definition) is 1. The molecule has 0 radical (unpaired) electrons. The minimum absolute atomic E-state index is 0.178. The summed E-state index contributed by atoms with van der Waals surface area (Å²) in [6.07, 6.45) is 3.35. The number of hydrogen-bond acceptors (Lipinski definition) is 5. The van der Waals surface area contributed by atoms with Gasteiger partial charge in [-0.25, -0.2) is 9.97 Å². The largest absolute Gasteiger partial charge is 0.392 e. The van der Waals surface area contributed by atoms with Crippen molar-refractivity contribution in [3.8, 4) is 0 Å².